The molecule has 1 N–H and O–H groups in total. The lowest BCUT2D eigenvalue weighted by molar-refractivity contribution is 0.206. The Balaban J connectivity index is 1.58. The Morgan fingerprint density at radius 3 is 2.56 bits per heavy atom. The first kappa shape index (κ1) is 22.8. The molecule has 0 unspecified atom stereocenters. The Labute approximate surface area is 197 Å². The maximum absolute atomic E-state index is 12.1. The number of fused-ring (bicyclic) bond motifs is 1. The Bertz CT molecular complexity index is 1200. The van der Waals surface area contributed by atoms with Crippen molar-refractivity contribution >= 4 is 40.3 Å². The van der Waals surface area contributed by atoms with E-state index in [4.69, 9.17) is 27.9 Å². The molecule has 1 atom stereocenters. The van der Waals surface area contributed by atoms with Gasteiger partial charge in [0.1, 0.15) is 11.4 Å². The average molecular weight is 474 g/mol. The molecule has 0 radical (unpaired) electrons. The van der Waals surface area contributed by atoms with Gasteiger partial charge in [0.25, 0.3) is 10.9 Å². The Hall–Kier alpha value is -2.38. The van der Waals surface area contributed by atoms with Gasteiger partial charge in [-0.15, -0.1) is 0 Å². The van der Waals surface area contributed by atoms with E-state index in [9.17, 15) is 9.59 Å². The van der Waals surface area contributed by atoms with E-state index in [-0.39, 0.29) is 5.92 Å². The molecular formula is C24H25Cl2N3O3. The fourth-order valence-electron chi connectivity index (χ4n) is 4.27. The van der Waals surface area contributed by atoms with Crippen LogP contribution in [-0.2, 0) is 11.3 Å². The molecule has 0 saturated heterocycles. The standard InChI is InChI=1S/C24H25Cl2N3O3/c1-28-12-18(17-10-15(25)11-20(26)19(17)13-28)14-4-6-16(7-5-14)27-21-22(24(31)23(21)30)29(2)8-9-32-3/h4-7,10-11,18,27H,8-9,12-13H2,1-3H3/t18-/m0/s1. The number of methoxy groups -OCH3 is 1. The minimum absolute atomic E-state index is 0.135. The molecule has 32 heavy (non-hydrogen) atoms. The molecule has 3 aromatic rings. The number of halogens is 2. The molecule has 168 valence electrons. The Kier molecular flexibility index (Phi) is 6.58. The molecular weight excluding hydrogens is 449 g/mol. The summed E-state index contributed by atoms with van der Waals surface area (Å²) in [5.41, 5.74) is 3.86. The molecule has 0 bridgehead atoms. The third-order valence-corrected chi connectivity index (χ3v) is 6.53. The van der Waals surface area contributed by atoms with Crippen LogP contribution in [0.4, 0.5) is 17.1 Å². The van der Waals surface area contributed by atoms with Crippen LogP contribution in [0.15, 0.2) is 46.0 Å². The van der Waals surface area contributed by atoms with Crippen molar-refractivity contribution < 1.29 is 4.74 Å². The molecule has 1 aliphatic rings. The van der Waals surface area contributed by atoms with Crippen molar-refractivity contribution in [2.24, 2.45) is 0 Å². The summed E-state index contributed by atoms with van der Waals surface area (Å²) >= 11 is 12.8. The van der Waals surface area contributed by atoms with E-state index in [0.29, 0.717) is 34.6 Å². The van der Waals surface area contributed by atoms with Gasteiger partial charge in [-0.2, -0.15) is 0 Å². The lowest BCUT2D eigenvalue weighted by Crippen LogP contribution is -2.41. The number of hydrogen-bond acceptors (Lipinski definition) is 6. The summed E-state index contributed by atoms with van der Waals surface area (Å²) < 4.78 is 5.06. The van der Waals surface area contributed by atoms with E-state index in [1.807, 2.05) is 30.3 Å². The molecule has 0 saturated carbocycles. The smallest absolute Gasteiger partial charge is 0.253 e. The first-order chi connectivity index (χ1) is 15.3. The second-order valence-electron chi connectivity index (χ2n) is 8.25. The predicted molar refractivity (Wildman–Crippen MR) is 131 cm³/mol. The predicted octanol–water partition coefficient (Wildman–Crippen LogP) is 3.99. The molecule has 4 rings (SSSR count). The largest absolute Gasteiger partial charge is 0.383 e. The Morgan fingerprint density at radius 1 is 1.16 bits per heavy atom. The lowest BCUT2D eigenvalue weighted by atomic mass is 9.84. The van der Waals surface area contributed by atoms with Crippen LogP contribution >= 0.6 is 23.2 Å². The summed E-state index contributed by atoms with van der Waals surface area (Å²) in [5, 5.41) is 4.44. The number of nitrogens with zero attached hydrogens (tertiary/aromatic N) is 2. The van der Waals surface area contributed by atoms with Crippen molar-refractivity contribution in [3.8, 4) is 0 Å². The highest BCUT2D eigenvalue weighted by Crippen LogP contribution is 2.38. The summed E-state index contributed by atoms with van der Waals surface area (Å²) in [7, 11) is 5.45. The first-order valence-corrected chi connectivity index (χ1v) is 11.1. The summed E-state index contributed by atoms with van der Waals surface area (Å²) in [6, 6.07) is 11.7. The van der Waals surface area contributed by atoms with E-state index in [1.165, 1.54) is 0 Å². The SMILES string of the molecule is COCCN(C)c1c(Nc2ccc([C@@H]3CN(C)Cc4c(Cl)cc(Cl)cc43)cc2)c(=O)c1=O. The number of rotatable bonds is 7. The highest BCUT2D eigenvalue weighted by Gasteiger charge is 2.27. The van der Waals surface area contributed by atoms with Gasteiger partial charge in [0.05, 0.1) is 6.61 Å². The summed E-state index contributed by atoms with van der Waals surface area (Å²) in [6.07, 6.45) is 0. The number of ether oxygens (including phenoxy) is 1. The van der Waals surface area contributed by atoms with Gasteiger partial charge in [-0.25, -0.2) is 0 Å². The minimum atomic E-state index is -0.500. The van der Waals surface area contributed by atoms with Crippen molar-refractivity contribution in [2.45, 2.75) is 12.5 Å². The van der Waals surface area contributed by atoms with Crippen LogP contribution in [-0.4, -0.2) is 45.8 Å². The van der Waals surface area contributed by atoms with Crippen molar-refractivity contribution in [3.05, 3.63) is 83.6 Å². The molecule has 6 nitrogen and oxygen atoms in total. The fraction of sp³-hybridized carbons (Fsp3) is 0.333. The van der Waals surface area contributed by atoms with Gasteiger partial charge < -0.3 is 19.9 Å². The maximum Gasteiger partial charge on any atom is 0.253 e. The third-order valence-electron chi connectivity index (χ3n) is 5.97. The van der Waals surface area contributed by atoms with Crippen molar-refractivity contribution in [1.82, 2.24) is 4.90 Å². The molecule has 0 aromatic heterocycles. The second kappa shape index (κ2) is 9.24. The maximum atomic E-state index is 12.1. The average Bonchev–Trinajstić information content (AvgIpc) is 2.77. The quantitative estimate of drug-likeness (QED) is 0.523. The van der Waals surface area contributed by atoms with Crippen molar-refractivity contribution in [3.63, 3.8) is 0 Å². The van der Waals surface area contributed by atoms with Crippen LogP contribution in [0.25, 0.3) is 0 Å². The summed E-state index contributed by atoms with van der Waals surface area (Å²) in [5.74, 6) is 0.135. The summed E-state index contributed by atoms with van der Waals surface area (Å²) in [6.45, 7) is 2.62. The van der Waals surface area contributed by atoms with Gasteiger partial charge in [0, 0.05) is 55.4 Å². The molecule has 0 fully saturated rings. The van der Waals surface area contributed by atoms with Crippen LogP contribution in [0.2, 0.25) is 10.0 Å². The number of benzene rings is 2. The van der Waals surface area contributed by atoms with Gasteiger partial charge >= 0.3 is 0 Å². The summed E-state index contributed by atoms with van der Waals surface area (Å²) in [4.78, 5) is 28.2. The molecule has 1 heterocycles. The van der Waals surface area contributed by atoms with Gasteiger partial charge in [0.15, 0.2) is 0 Å². The van der Waals surface area contributed by atoms with Crippen LogP contribution in [0.1, 0.15) is 22.6 Å². The fourth-order valence-corrected chi connectivity index (χ4v) is 4.84. The van der Waals surface area contributed by atoms with Crippen LogP contribution in [0.3, 0.4) is 0 Å². The van der Waals surface area contributed by atoms with E-state index in [2.05, 4.69) is 17.3 Å². The molecule has 1 aliphatic heterocycles. The Morgan fingerprint density at radius 2 is 1.88 bits per heavy atom. The normalized spacial score (nSPS) is 16.2. The van der Waals surface area contributed by atoms with Crippen molar-refractivity contribution in [2.75, 3.05) is 51.1 Å². The number of likely N-dealkylation sites (N-methyl/N-ethyl adjacent to an activating group) is 2. The molecule has 3 aromatic carbocycles. The zero-order valence-electron chi connectivity index (χ0n) is 18.2. The molecule has 0 spiro atoms. The van der Waals surface area contributed by atoms with Crippen LogP contribution in [0.5, 0.6) is 0 Å². The van der Waals surface area contributed by atoms with Crippen LogP contribution in [0, 0.1) is 0 Å². The third kappa shape index (κ3) is 4.28. The zero-order valence-corrected chi connectivity index (χ0v) is 19.8. The highest BCUT2D eigenvalue weighted by molar-refractivity contribution is 6.35. The number of nitrogens with one attached hydrogen (secondary N) is 1. The second-order valence-corrected chi connectivity index (χ2v) is 9.09. The van der Waals surface area contributed by atoms with E-state index < -0.39 is 10.9 Å². The van der Waals surface area contributed by atoms with Gasteiger partial charge in [-0.05, 0) is 48.0 Å². The van der Waals surface area contributed by atoms with E-state index in [0.717, 1.165) is 35.5 Å². The van der Waals surface area contributed by atoms with Gasteiger partial charge in [0.2, 0.25) is 0 Å². The first-order valence-electron chi connectivity index (χ1n) is 10.4. The van der Waals surface area contributed by atoms with Gasteiger partial charge in [-0.3, -0.25) is 9.59 Å². The monoisotopic (exact) mass is 473 g/mol. The lowest BCUT2D eigenvalue weighted by Gasteiger charge is -2.33. The molecule has 0 aliphatic carbocycles. The van der Waals surface area contributed by atoms with E-state index >= 15 is 0 Å². The molecule has 0 amide bonds. The highest BCUT2D eigenvalue weighted by atomic mass is 35.5. The number of anilines is 3. The zero-order chi connectivity index (χ0) is 23.0. The van der Waals surface area contributed by atoms with Crippen LogP contribution < -0.4 is 21.1 Å². The topological polar surface area (TPSA) is 61.9 Å². The molecule has 8 heteroatoms. The number of hydrogen-bond donors (Lipinski definition) is 1. The van der Waals surface area contributed by atoms with Crippen molar-refractivity contribution in [1.29, 1.82) is 0 Å². The van der Waals surface area contributed by atoms with E-state index in [1.54, 1.807) is 25.1 Å². The van der Waals surface area contributed by atoms with Gasteiger partial charge in [-0.1, -0.05) is 35.3 Å². The minimum Gasteiger partial charge on any atom is -0.383 e.